The lowest BCUT2D eigenvalue weighted by atomic mass is 10.3. The van der Waals surface area contributed by atoms with Gasteiger partial charge in [0.05, 0.1) is 12.0 Å². The largest absolute Gasteiger partial charge is 0.497 e. The Bertz CT molecular complexity index is 652. The predicted octanol–water partition coefficient (Wildman–Crippen LogP) is 0.372. The van der Waals surface area contributed by atoms with Crippen LogP contribution in [0.3, 0.4) is 0 Å². The summed E-state index contributed by atoms with van der Waals surface area (Å²) >= 11 is 0. The molecular weight excluding hydrogens is 280 g/mol. The number of rotatable bonds is 4. The third-order valence-corrected chi connectivity index (χ3v) is 4.89. The maximum absolute atomic E-state index is 12.5. The fourth-order valence-corrected chi connectivity index (χ4v) is 3.34. The van der Waals surface area contributed by atoms with Crippen LogP contribution in [0.4, 0.5) is 0 Å². The molecule has 0 saturated heterocycles. The Morgan fingerprint density at radius 2 is 2.15 bits per heavy atom. The van der Waals surface area contributed by atoms with E-state index in [4.69, 9.17) is 4.74 Å². The monoisotopic (exact) mass is 296 g/mol. The van der Waals surface area contributed by atoms with E-state index in [1.807, 2.05) is 0 Å². The van der Waals surface area contributed by atoms with Crippen molar-refractivity contribution in [3.63, 3.8) is 0 Å². The third-order valence-electron chi connectivity index (χ3n) is 3.09. The second kappa shape index (κ2) is 5.64. The number of ether oxygens (including phenoxy) is 1. The molecule has 0 aliphatic carbocycles. The van der Waals surface area contributed by atoms with E-state index in [9.17, 15) is 13.2 Å². The van der Waals surface area contributed by atoms with Gasteiger partial charge in [-0.3, -0.25) is 4.79 Å². The van der Waals surface area contributed by atoms with Gasteiger partial charge in [-0.05, 0) is 12.1 Å². The molecule has 0 spiro atoms. The summed E-state index contributed by atoms with van der Waals surface area (Å²) in [6.45, 7) is 0.279. The minimum Gasteiger partial charge on any atom is -0.497 e. The Balaban J connectivity index is 2.23. The Labute approximate surface area is 118 Å². The maximum Gasteiger partial charge on any atom is 0.248 e. The minimum absolute atomic E-state index is 0.0826. The molecule has 1 amide bonds. The summed E-state index contributed by atoms with van der Waals surface area (Å²) in [5.41, 5.74) is 0.457. The summed E-state index contributed by atoms with van der Waals surface area (Å²) in [5.74, 6) is 0.220. The number of amides is 1. The molecule has 1 aliphatic rings. The first-order chi connectivity index (χ1) is 9.48. The standard InChI is InChI=1S/C13H16N2O4S/c1-14-13(16)10-6-7-15(9-10)20(17,18)12-5-3-4-11(8-12)19-2/h3-6,8H,7,9H2,1-2H3,(H,14,16). The molecule has 1 N–H and O–H groups in total. The lowest BCUT2D eigenvalue weighted by molar-refractivity contribution is -0.117. The van der Waals surface area contributed by atoms with Gasteiger partial charge in [0.25, 0.3) is 0 Å². The second-order valence-corrected chi connectivity index (χ2v) is 6.22. The van der Waals surface area contributed by atoms with Crippen molar-refractivity contribution in [3.05, 3.63) is 35.9 Å². The molecule has 1 aliphatic heterocycles. The lowest BCUT2D eigenvalue weighted by Crippen LogP contribution is -2.31. The van der Waals surface area contributed by atoms with E-state index in [-0.39, 0.29) is 23.9 Å². The molecule has 20 heavy (non-hydrogen) atoms. The molecule has 1 aromatic carbocycles. The van der Waals surface area contributed by atoms with Crippen molar-refractivity contribution < 1.29 is 17.9 Å². The molecule has 0 bridgehead atoms. The smallest absolute Gasteiger partial charge is 0.248 e. The Morgan fingerprint density at radius 3 is 2.80 bits per heavy atom. The number of carbonyl (C=O) groups is 1. The summed E-state index contributed by atoms with van der Waals surface area (Å²) in [4.78, 5) is 11.7. The minimum atomic E-state index is -3.62. The quantitative estimate of drug-likeness (QED) is 0.871. The van der Waals surface area contributed by atoms with Crippen LogP contribution in [0, 0.1) is 0 Å². The van der Waals surface area contributed by atoms with Crippen molar-refractivity contribution >= 4 is 15.9 Å². The topological polar surface area (TPSA) is 75.7 Å². The highest BCUT2D eigenvalue weighted by Gasteiger charge is 2.30. The fraction of sp³-hybridized carbons (Fsp3) is 0.308. The van der Waals surface area contributed by atoms with Crippen molar-refractivity contribution in [2.75, 3.05) is 27.2 Å². The summed E-state index contributed by atoms with van der Waals surface area (Å²) in [5, 5.41) is 2.49. The molecule has 0 fully saturated rings. The zero-order valence-corrected chi connectivity index (χ0v) is 12.1. The average molecular weight is 296 g/mol. The number of nitrogens with one attached hydrogen (secondary N) is 1. The first-order valence-electron chi connectivity index (χ1n) is 6.04. The van der Waals surface area contributed by atoms with Gasteiger partial charge < -0.3 is 10.1 Å². The van der Waals surface area contributed by atoms with Crippen molar-refractivity contribution in [3.8, 4) is 5.75 Å². The first-order valence-corrected chi connectivity index (χ1v) is 7.48. The van der Waals surface area contributed by atoms with Crippen LogP contribution >= 0.6 is 0 Å². The highest BCUT2D eigenvalue weighted by atomic mass is 32.2. The van der Waals surface area contributed by atoms with E-state index in [2.05, 4.69) is 5.32 Å². The van der Waals surface area contributed by atoms with Crippen molar-refractivity contribution in [1.82, 2.24) is 9.62 Å². The predicted molar refractivity (Wildman–Crippen MR) is 73.9 cm³/mol. The van der Waals surface area contributed by atoms with Gasteiger partial charge in [0, 0.05) is 31.8 Å². The Morgan fingerprint density at radius 1 is 1.40 bits per heavy atom. The third kappa shape index (κ3) is 2.68. The molecule has 0 atom stereocenters. The molecule has 0 unspecified atom stereocenters. The van der Waals surface area contributed by atoms with Crippen LogP contribution in [0.25, 0.3) is 0 Å². The number of carbonyl (C=O) groups excluding carboxylic acids is 1. The van der Waals surface area contributed by atoms with Crippen molar-refractivity contribution in [1.29, 1.82) is 0 Å². The zero-order chi connectivity index (χ0) is 14.8. The summed E-state index contributed by atoms with van der Waals surface area (Å²) < 4.78 is 31.2. The lowest BCUT2D eigenvalue weighted by Gasteiger charge is -2.16. The van der Waals surface area contributed by atoms with Crippen molar-refractivity contribution in [2.24, 2.45) is 0 Å². The molecule has 6 nitrogen and oxygen atoms in total. The molecule has 1 heterocycles. The van der Waals surface area contributed by atoms with Crippen LogP contribution in [0.1, 0.15) is 0 Å². The maximum atomic E-state index is 12.5. The summed E-state index contributed by atoms with van der Waals surface area (Å²) in [7, 11) is -0.629. The van der Waals surface area contributed by atoms with Gasteiger partial charge in [0.2, 0.25) is 15.9 Å². The number of likely N-dealkylation sites (N-methyl/N-ethyl adjacent to an activating group) is 1. The number of nitrogens with zero attached hydrogens (tertiary/aromatic N) is 1. The van der Waals surface area contributed by atoms with Gasteiger partial charge in [-0.25, -0.2) is 8.42 Å². The van der Waals surface area contributed by atoms with Gasteiger partial charge in [0.1, 0.15) is 5.75 Å². The zero-order valence-electron chi connectivity index (χ0n) is 11.3. The van der Waals surface area contributed by atoms with Gasteiger partial charge >= 0.3 is 0 Å². The van der Waals surface area contributed by atoms with Crippen LogP contribution in [-0.4, -0.2) is 45.9 Å². The van der Waals surface area contributed by atoms with Gasteiger partial charge in [0.15, 0.2) is 0 Å². The van der Waals surface area contributed by atoms with Crippen LogP contribution in [0.15, 0.2) is 40.8 Å². The number of hydrogen-bond acceptors (Lipinski definition) is 4. The average Bonchev–Trinajstić information content (AvgIpc) is 2.97. The molecule has 0 aromatic heterocycles. The van der Waals surface area contributed by atoms with E-state index in [1.165, 1.54) is 30.6 Å². The molecule has 0 radical (unpaired) electrons. The number of hydrogen-bond donors (Lipinski definition) is 1. The molecule has 2 rings (SSSR count). The fourth-order valence-electron chi connectivity index (χ4n) is 1.95. The van der Waals surface area contributed by atoms with Crippen LogP contribution in [0.5, 0.6) is 5.75 Å². The van der Waals surface area contributed by atoms with Gasteiger partial charge in [-0.1, -0.05) is 12.1 Å². The molecule has 1 aromatic rings. The van der Waals surface area contributed by atoms with E-state index in [0.29, 0.717) is 11.3 Å². The summed E-state index contributed by atoms with van der Waals surface area (Å²) in [6, 6.07) is 6.27. The van der Waals surface area contributed by atoms with E-state index >= 15 is 0 Å². The van der Waals surface area contributed by atoms with E-state index in [0.717, 1.165) is 0 Å². The SMILES string of the molecule is CNC(=O)C1=CCN(S(=O)(=O)c2cccc(OC)c2)C1. The van der Waals surface area contributed by atoms with E-state index in [1.54, 1.807) is 18.2 Å². The number of benzene rings is 1. The Kier molecular flexibility index (Phi) is 4.10. The van der Waals surface area contributed by atoms with E-state index < -0.39 is 10.0 Å². The van der Waals surface area contributed by atoms with Crippen LogP contribution in [-0.2, 0) is 14.8 Å². The Hall–Kier alpha value is -1.86. The normalized spacial score (nSPS) is 15.8. The first kappa shape index (κ1) is 14.5. The molecule has 108 valence electrons. The van der Waals surface area contributed by atoms with Crippen molar-refractivity contribution in [2.45, 2.75) is 4.90 Å². The second-order valence-electron chi connectivity index (χ2n) is 4.29. The van der Waals surface area contributed by atoms with Gasteiger partial charge in [-0.15, -0.1) is 0 Å². The van der Waals surface area contributed by atoms with Crippen LogP contribution in [0.2, 0.25) is 0 Å². The number of sulfonamides is 1. The molecule has 7 heteroatoms. The molecule has 0 saturated carbocycles. The van der Waals surface area contributed by atoms with Crippen LogP contribution < -0.4 is 10.1 Å². The van der Waals surface area contributed by atoms with Gasteiger partial charge in [-0.2, -0.15) is 4.31 Å². The highest BCUT2D eigenvalue weighted by Crippen LogP contribution is 2.23. The number of methoxy groups -OCH3 is 1. The summed E-state index contributed by atoms with van der Waals surface area (Å²) in [6.07, 6.45) is 1.62. The molecular formula is C13H16N2O4S. The highest BCUT2D eigenvalue weighted by molar-refractivity contribution is 7.89.